The number of nitrogens with one attached hydrogen (secondary N) is 2. The van der Waals surface area contributed by atoms with Crippen LogP contribution in [0, 0.1) is 5.92 Å². The molecule has 0 saturated carbocycles. The van der Waals surface area contributed by atoms with Gasteiger partial charge in [-0.3, -0.25) is 4.99 Å². The Kier molecular flexibility index (Phi) is 9.43. The smallest absolute Gasteiger partial charge is 0.191 e. The Morgan fingerprint density at radius 3 is 2.77 bits per heavy atom. The molecule has 0 aromatic rings. The molecule has 0 aliphatic carbocycles. The molecular formula is C16H34N4O2. The van der Waals surface area contributed by atoms with E-state index in [1.54, 1.807) is 7.05 Å². The maximum atomic E-state index is 5.76. The van der Waals surface area contributed by atoms with E-state index in [1.807, 2.05) is 6.92 Å². The maximum absolute atomic E-state index is 5.76. The minimum atomic E-state index is 0.226. The summed E-state index contributed by atoms with van der Waals surface area (Å²) in [5.41, 5.74) is 0. The summed E-state index contributed by atoms with van der Waals surface area (Å²) in [4.78, 5) is 6.56. The van der Waals surface area contributed by atoms with E-state index < -0.39 is 0 Å². The van der Waals surface area contributed by atoms with E-state index in [9.17, 15) is 0 Å². The highest BCUT2D eigenvalue weighted by Crippen LogP contribution is 2.09. The van der Waals surface area contributed by atoms with Gasteiger partial charge in [-0.15, -0.1) is 0 Å². The first-order valence-corrected chi connectivity index (χ1v) is 8.43. The minimum Gasteiger partial charge on any atom is -0.378 e. The normalized spacial score (nSPS) is 21.9. The molecule has 1 saturated heterocycles. The fourth-order valence-electron chi connectivity index (χ4n) is 2.58. The summed E-state index contributed by atoms with van der Waals surface area (Å²) < 4.78 is 11.5. The molecular weight excluding hydrogens is 280 g/mol. The molecule has 1 aliphatic rings. The van der Waals surface area contributed by atoms with Crippen LogP contribution < -0.4 is 10.6 Å². The van der Waals surface area contributed by atoms with Crippen LogP contribution in [0.25, 0.3) is 0 Å². The third-order valence-electron chi connectivity index (χ3n) is 3.91. The van der Waals surface area contributed by atoms with Crippen LogP contribution in [0.3, 0.4) is 0 Å². The molecule has 0 radical (unpaired) electrons. The third-order valence-corrected chi connectivity index (χ3v) is 3.91. The molecule has 130 valence electrons. The van der Waals surface area contributed by atoms with Gasteiger partial charge in [0.2, 0.25) is 0 Å². The average molecular weight is 314 g/mol. The Hall–Kier alpha value is -0.850. The molecule has 1 aliphatic heterocycles. The van der Waals surface area contributed by atoms with Gasteiger partial charge in [0.25, 0.3) is 0 Å². The molecule has 22 heavy (non-hydrogen) atoms. The summed E-state index contributed by atoms with van der Waals surface area (Å²) in [6.07, 6.45) is 1.50. The van der Waals surface area contributed by atoms with Crippen molar-refractivity contribution < 1.29 is 9.47 Å². The van der Waals surface area contributed by atoms with Crippen molar-refractivity contribution in [3.05, 3.63) is 0 Å². The highest BCUT2D eigenvalue weighted by molar-refractivity contribution is 5.79. The lowest BCUT2D eigenvalue weighted by Crippen LogP contribution is -2.48. The Bertz CT molecular complexity index is 323. The fourth-order valence-corrected chi connectivity index (χ4v) is 2.58. The number of hydrogen-bond acceptors (Lipinski definition) is 4. The standard InChI is InChI=1S/C16H34N4O2/c1-6-21-15(13(2)3)7-8-18-16(17-4)19-11-14-12-20(5)9-10-22-14/h13-15H,6-12H2,1-5H3,(H2,17,18,19). The molecule has 0 aromatic carbocycles. The first kappa shape index (κ1) is 19.2. The maximum Gasteiger partial charge on any atom is 0.191 e. The zero-order valence-corrected chi connectivity index (χ0v) is 14.9. The highest BCUT2D eigenvalue weighted by atomic mass is 16.5. The van der Waals surface area contributed by atoms with E-state index in [0.29, 0.717) is 12.0 Å². The molecule has 0 spiro atoms. The molecule has 1 fully saturated rings. The lowest BCUT2D eigenvalue weighted by molar-refractivity contribution is -0.0161. The van der Waals surface area contributed by atoms with Gasteiger partial charge in [0, 0.05) is 39.8 Å². The number of ether oxygens (including phenoxy) is 2. The van der Waals surface area contributed by atoms with Crippen LogP contribution >= 0.6 is 0 Å². The molecule has 6 heteroatoms. The monoisotopic (exact) mass is 314 g/mol. The van der Waals surface area contributed by atoms with Crippen LogP contribution in [-0.4, -0.2) is 76.6 Å². The lowest BCUT2D eigenvalue weighted by Gasteiger charge is -2.30. The molecule has 1 rings (SSSR count). The van der Waals surface area contributed by atoms with Crippen LogP contribution in [0.1, 0.15) is 27.2 Å². The van der Waals surface area contributed by atoms with Crippen LogP contribution in [-0.2, 0) is 9.47 Å². The van der Waals surface area contributed by atoms with Gasteiger partial charge in [0.05, 0.1) is 18.8 Å². The van der Waals surface area contributed by atoms with Gasteiger partial charge in [0.15, 0.2) is 5.96 Å². The zero-order valence-electron chi connectivity index (χ0n) is 14.9. The topological polar surface area (TPSA) is 58.1 Å². The van der Waals surface area contributed by atoms with Gasteiger partial charge < -0.3 is 25.0 Å². The number of guanidine groups is 1. The van der Waals surface area contributed by atoms with Crippen molar-refractivity contribution in [2.45, 2.75) is 39.4 Å². The van der Waals surface area contributed by atoms with Crippen molar-refractivity contribution >= 4 is 5.96 Å². The summed E-state index contributed by atoms with van der Waals surface area (Å²) in [6.45, 7) is 11.6. The molecule has 2 unspecified atom stereocenters. The van der Waals surface area contributed by atoms with Crippen molar-refractivity contribution in [1.82, 2.24) is 15.5 Å². The zero-order chi connectivity index (χ0) is 16.4. The van der Waals surface area contributed by atoms with E-state index in [2.05, 4.69) is 41.4 Å². The summed E-state index contributed by atoms with van der Waals surface area (Å²) in [5, 5.41) is 6.69. The van der Waals surface area contributed by atoms with Gasteiger partial charge in [-0.05, 0) is 26.3 Å². The molecule has 2 atom stereocenters. The Morgan fingerprint density at radius 2 is 2.18 bits per heavy atom. The summed E-state index contributed by atoms with van der Waals surface area (Å²) in [6, 6.07) is 0. The average Bonchev–Trinajstić information content (AvgIpc) is 2.49. The van der Waals surface area contributed by atoms with E-state index in [4.69, 9.17) is 9.47 Å². The molecule has 2 N–H and O–H groups in total. The first-order valence-electron chi connectivity index (χ1n) is 8.43. The van der Waals surface area contributed by atoms with Crippen molar-refractivity contribution in [3.8, 4) is 0 Å². The highest BCUT2D eigenvalue weighted by Gasteiger charge is 2.18. The number of hydrogen-bond donors (Lipinski definition) is 2. The van der Waals surface area contributed by atoms with E-state index in [-0.39, 0.29) is 6.10 Å². The second-order valence-corrected chi connectivity index (χ2v) is 6.16. The summed E-state index contributed by atoms with van der Waals surface area (Å²) in [7, 11) is 3.92. The van der Waals surface area contributed by atoms with E-state index >= 15 is 0 Å². The van der Waals surface area contributed by atoms with Crippen molar-refractivity contribution in [2.24, 2.45) is 10.9 Å². The largest absolute Gasteiger partial charge is 0.378 e. The molecule has 0 aromatic heterocycles. The Labute approximate surface area is 135 Å². The van der Waals surface area contributed by atoms with Crippen molar-refractivity contribution in [3.63, 3.8) is 0 Å². The van der Waals surface area contributed by atoms with Crippen molar-refractivity contribution in [1.29, 1.82) is 0 Å². The Balaban J connectivity index is 2.24. The number of nitrogens with zero attached hydrogens (tertiary/aromatic N) is 2. The second kappa shape index (κ2) is 10.8. The summed E-state index contributed by atoms with van der Waals surface area (Å²) in [5.74, 6) is 1.36. The van der Waals surface area contributed by atoms with Gasteiger partial charge >= 0.3 is 0 Å². The van der Waals surface area contributed by atoms with E-state index in [1.165, 1.54) is 0 Å². The Morgan fingerprint density at radius 1 is 1.41 bits per heavy atom. The lowest BCUT2D eigenvalue weighted by atomic mass is 10.0. The number of likely N-dealkylation sites (N-methyl/N-ethyl adjacent to an activating group) is 1. The molecule has 0 amide bonds. The predicted molar refractivity (Wildman–Crippen MR) is 91.5 cm³/mol. The van der Waals surface area contributed by atoms with Crippen LogP contribution in [0.2, 0.25) is 0 Å². The first-order chi connectivity index (χ1) is 10.6. The number of rotatable bonds is 8. The third kappa shape index (κ3) is 7.42. The summed E-state index contributed by atoms with van der Waals surface area (Å²) >= 11 is 0. The van der Waals surface area contributed by atoms with Gasteiger partial charge in [-0.1, -0.05) is 13.8 Å². The number of morpholine rings is 1. The van der Waals surface area contributed by atoms with Crippen LogP contribution in [0.4, 0.5) is 0 Å². The second-order valence-electron chi connectivity index (χ2n) is 6.16. The van der Waals surface area contributed by atoms with Crippen molar-refractivity contribution in [2.75, 3.05) is 53.5 Å². The quantitative estimate of drug-likeness (QED) is 0.516. The predicted octanol–water partition coefficient (Wildman–Crippen LogP) is 0.933. The molecule has 6 nitrogen and oxygen atoms in total. The minimum absolute atomic E-state index is 0.226. The van der Waals surface area contributed by atoms with Crippen LogP contribution in [0.15, 0.2) is 4.99 Å². The van der Waals surface area contributed by atoms with E-state index in [0.717, 1.165) is 51.8 Å². The molecule has 0 bridgehead atoms. The van der Waals surface area contributed by atoms with Crippen LogP contribution in [0.5, 0.6) is 0 Å². The van der Waals surface area contributed by atoms with Gasteiger partial charge in [-0.25, -0.2) is 0 Å². The number of aliphatic imine (C=N–C) groups is 1. The van der Waals surface area contributed by atoms with Gasteiger partial charge in [-0.2, -0.15) is 0 Å². The van der Waals surface area contributed by atoms with Gasteiger partial charge in [0.1, 0.15) is 0 Å². The SMILES string of the molecule is CCOC(CCNC(=NC)NCC1CN(C)CCO1)C(C)C. The molecule has 1 heterocycles. The fraction of sp³-hybridized carbons (Fsp3) is 0.938.